The van der Waals surface area contributed by atoms with E-state index in [-0.39, 0.29) is 10.9 Å². The zero-order chi connectivity index (χ0) is 17.9. The molecule has 1 aliphatic heterocycles. The van der Waals surface area contributed by atoms with Gasteiger partial charge >= 0.3 is 0 Å². The molecule has 0 amide bonds. The summed E-state index contributed by atoms with van der Waals surface area (Å²) in [7, 11) is -3.52. The number of nitrogens with two attached hydrogens (primary N) is 1. The Morgan fingerprint density at radius 2 is 1.80 bits per heavy atom. The molecule has 0 unspecified atom stereocenters. The van der Waals surface area contributed by atoms with E-state index in [1.807, 2.05) is 25.1 Å². The van der Waals surface area contributed by atoms with Crippen LogP contribution in [0.5, 0.6) is 0 Å². The van der Waals surface area contributed by atoms with Gasteiger partial charge in [0, 0.05) is 31.4 Å². The van der Waals surface area contributed by atoms with Crippen molar-refractivity contribution in [1.29, 1.82) is 0 Å². The summed E-state index contributed by atoms with van der Waals surface area (Å²) in [6.07, 6.45) is 1.63. The van der Waals surface area contributed by atoms with Crippen LogP contribution < -0.4 is 10.5 Å². The SMILES string of the molecule is Cc1ccc(S(=O)(=O)NC2CCN(Cc3ccccc3)CC2)cc1N. The van der Waals surface area contributed by atoms with Gasteiger partial charge in [0.2, 0.25) is 10.0 Å². The van der Waals surface area contributed by atoms with Gasteiger partial charge in [-0.1, -0.05) is 36.4 Å². The molecule has 134 valence electrons. The second-order valence-electron chi connectivity index (χ2n) is 6.68. The number of nitrogens with one attached hydrogen (secondary N) is 1. The van der Waals surface area contributed by atoms with E-state index >= 15 is 0 Å². The van der Waals surface area contributed by atoms with Crippen molar-refractivity contribution >= 4 is 15.7 Å². The van der Waals surface area contributed by atoms with Gasteiger partial charge in [0.25, 0.3) is 0 Å². The molecule has 0 atom stereocenters. The van der Waals surface area contributed by atoms with E-state index in [2.05, 4.69) is 21.8 Å². The van der Waals surface area contributed by atoms with E-state index in [0.717, 1.165) is 38.0 Å². The molecule has 0 saturated carbocycles. The van der Waals surface area contributed by atoms with E-state index in [9.17, 15) is 8.42 Å². The molecule has 1 saturated heterocycles. The van der Waals surface area contributed by atoms with Crippen LogP contribution in [0.15, 0.2) is 53.4 Å². The summed E-state index contributed by atoms with van der Waals surface area (Å²) < 4.78 is 27.9. The Labute approximate surface area is 149 Å². The lowest BCUT2D eigenvalue weighted by Gasteiger charge is -2.32. The fraction of sp³-hybridized carbons (Fsp3) is 0.368. The Kier molecular flexibility index (Phi) is 5.42. The average molecular weight is 359 g/mol. The van der Waals surface area contributed by atoms with Crippen molar-refractivity contribution in [3.05, 3.63) is 59.7 Å². The molecule has 1 aliphatic rings. The molecular weight excluding hydrogens is 334 g/mol. The van der Waals surface area contributed by atoms with Crippen molar-refractivity contribution in [2.75, 3.05) is 18.8 Å². The highest BCUT2D eigenvalue weighted by Gasteiger charge is 2.24. The molecule has 6 heteroatoms. The van der Waals surface area contributed by atoms with Gasteiger partial charge in [-0.25, -0.2) is 13.1 Å². The Balaban J connectivity index is 1.57. The summed E-state index contributed by atoms with van der Waals surface area (Å²) in [5.41, 5.74) is 8.51. The molecule has 0 spiro atoms. The van der Waals surface area contributed by atoms with Crippen molar-refractivity contribution in [2.24, 2.45) is 0 Å². The minimum atomic E-state index is -3.52. The monoisotopic (exact) mass is 359 g/mol. The highest BCUT2D eigenvalue weighted by atomic mass is 32.2. The third-order valence-electron chi connectivity index (χ3n) is 4.72. The number of anilines is 1. The number of nitrogens with zero attached hydrogens (tertiary/aromatic N) is 1. The first-order valence-corrected chi connectivity index (χ1v) is 10.1. The van der Waals surface area contributed by atoms with Gasteiger partial charge < -0.3 is 5.73 Å². The molecular formula is C19H25N3O2S. The van der Waals surface area contributed by atoms with Crippen LogP contribution >= 0.6 is 0 Å². The van der Waals surface area contributed by atoms with E-state index in [1.165, 1.54) is 11.6 Å². The van der Waals surface area contributed by atoms with Gasteiger partial charge in [-0.3, -0.25) is 4.90 Å². The number of hydrogen-bond acceptors (Lipinski definition) is 4. The Morgan fingerprint density at radius 1 is 1.12 bits per heavy atom. The van der Waals surface area contributed by atoms with E-state index in [4.69, 9.17) is 5.73 Å². The van der Waals surface area contributed by atoms with Gasteiger partial charge in [-0.15, -0.1) is 0 Å². The van der Waals surface area contributed by atoms with Crippen molar-refractivity contribution in [1.82, 2.24) is 9.62 Å². The van der Waals surface area contributed by atoms with E-state index in [1.54, 1.807) is 12.1 Å². The molecule has 3 rings (SSSR count). The summed E-state index contributed by atoms with van der Waals surface area (Å²) >= 11 is 0. The first kappa shape index (κ1) is 17.9. The lowest BCUT2D eigenvalue weighted by atomic mass is 10.1. The van der Waals surface area contributed by atoms with Gasteiger partial charge in [0.1, 0.15) is 0 Å². The van der Waals surface area contributed by atoms with Crippen LogP contribution in [0.25, 0.3) is 0 Å². The number of sulfonamides is 1. The maximum atomic E-state index is 12.6. The molecule has 2 aromatic rings. The molecule has 25 heavy (non-hydrogen) atoms. The highest BCUT2D eigenvalue weighted by molar-refractivity contribution is 7.89. The minimum Gasteiger partial charge on any atom is -0.398 e. The van der Waals surface area contributed by atoms with Gasteiger partial charge in [-0.2, -0.15) is 0 Å². The minimum absolute atomic E-state index is 0.0282. The fourth-order valence-corrected chi connectivity index (χ4v) is 4.46. The van der Waals surface area contributed by atoms with Gasteiger partial charge in [-0.05, 0) is 43.0 Å². The van der Waals surface area contributed by atoms with Crippen molar-refractivity contribution in [3.63, 3.8) is 0 Å². The number of nitrogen functional groups attached to an aromatic ring is 1. The molecule has 1 heterocycles. The second-order valence-corrected chi connectivity index (χ2v) is 8.39. The number of likely N-dealkylation sites (tertiary alicyclic amines) is 1. The van der Waals surface area contributed by atoms with Crippen LogP contribution in [0, 0.1) is 6.92 Å². The van der Waals surface area contributed by atoms with Crippen LogP contribution in [0.2, 0.25) is 0 Å². The fourth-order valence-electron chi connectivity index (χ4n) is 3.12. The molecule has 5 nitrogen and oxygen atoms in total. The lowest BCUT2D eigenvalue weighted by molar-refractivity contribution is 0.200. The molecule has 2 aromatic carbocycles. The molecule has 0 bridgehead atoms. The van der Waals surface area contributed by atoms with Gasteiger partial charge in [0.05, 0.1) is 4.90 Å². The second kappa shape index (κ2) is 7.56. The molecule has 0 radical (unpaired) electrons. The number of piperidine rings is 1. The normalized spacial score (nSPS) is 16.8. The van der Waals surface area contributed by atoms with E-state index < -0.39 is 10.0 Å². The van der Waals surface area contributed by atoms with Crippen molar-refractivity contribution < 1.29 is 8.42 Å². The third-order valence-corrected chi connectivity index (χ3v) is 6.24. The Hall–Kier alpha value is -1.89. The molecule has 0 aromatic heterocycles. The van der Waals surface area contributed by atoms with Crippen molar-refractivity contribution in [3.8, 4) is 0 Å². The molecule has 0 aliphatic carbocycles. The average Bonchev–Trinajstić information content (AvgIpc) is 2.60. The predicted octanol–water partition coefficient (Wildman–Crippen LogP) is 2.52. The summed E-state index contributed by atoms with van der Waals surface area (Å²) in [4.78, 5) is 2.60. The number of rotatable bonds is 5. The maximum absolute atomic E-state index is 12.6. The van der Waals surface area contributed by atoms with Crippen LogP contribution in [0.4, 0.5) is 5.69 Å². The van der Waals surface area contributed by atoms with Crippen LogP contribution in [0.1, 0.15) is 24.0 Å². The van der Waals surface area contributed by atoms with Crippen molar-refractivity contribution in [2.45, 2.75) is 37.2 Å². The highest BCUT2D eigenvalue weighted by Crippen LogP contribution is 2.20. The van der Waals surface area contributed by atoms with Crippen LogP contribution in [0.3, 0.4) is 0 Å². The first-order chi connectivity index (χ1) is 11.9. The zero-order valence-corrected chi connectivity index (χ0v) is 15.3. The predicted molar refractivity (Wildman–Crippen MR) is 101 cm³/mol. The quantitative estimate of drug-likeness (QED) is 0.805. The third kappa shape index (κ3) is 4.60. The topological polar surface area (TPSA) is 75.4 Å². The summed E-state index contributed by atoms with van der Waals surface area (Å²) in [5, 5.41) is 0. The van der Waals surface area contributed by atoms with Gasteiger partial charge in [0.15, 0.2) is 0 Å². The first-order valence-electron chi connectivity index (χ1n) is 8.59. The summed E-state index contributed by atoms with van der Waals surface area (Å²) in [6, 6.07) is 15.2. The summed E-state index contributed by atoms with van der Waals surface area (Å²) in [6.45, 7) is 4.55. The van der Waals surface area contributed by atoms with Crippen LogP contribution in [-0.4, -0.2) is 32.4 Å². The van der Waals surface area contributed by atoms with Crippen LogP contribution in [-0.2, 0) is 16.6 Å². The lowest BCUT2D eigenvalue weighted by Crippen LogP contribution is -2.44. The molecule has 3 N–H and O–H groups in total. The maximum Gasteiger partial charge on any atom is 0.240 e. The zero-order valence-electron chi connectivity index (χ0n) is 14.5. The standard InChI is InChI=1S/C19H25N3O2S/c1-15-7-8-18(13-19(15)20)25(23,24)21-17-9-11-22(12-10-17)14-16-5-3-2-4-6-16/h2-8,13,17,21H,9-12,14,20H2,1H3. The largest absolute Gasteiger partial charge is 0.398 e. The summed E-state index contributed by atoms with van der Waals surface area (Å²) in [5.74, 6) is 0. The number of aryl methyl sites for hydroxylation is 1. The Morgan fingerprint density at radius 3 is 2.44 bits per heavy atom. The molecule has 1 fully saturated rings. The smallest absolute Gasteiger partial charge is 0.240 e. The number of benzene rings is 2. The Bertz CT molecular complexity index is 814. The number of hydrogen-bond donors (Lipinski definition) is 2. The van der Waals surface area contributed by atoms with E-state index in [0.29, 0.717) is 5.69 Å².